The summed E-state index contributed by atoms with van der Waals surface area (Å²) in [5.41, 5.74) is 7.26. The van der Waals surface area contributed by atoms with Gasteiger partial charge < -0.3 is 5.73 Å². The molecule has 1 aliphatic rings. The molecule has 1 aromatic carbocycles. The van der Waals surface area contributed by atoms with Gasteiger partial charge in [-0.3, -0.25) is 0 Å². The Balaban J connectivity index is 2.09. The van der Waals surface area contributed by atoms with Crippen molar-refractivity contribution in [1.29, 1.82) is 0 Å². The molecule has 1 fully saturated rings. The molecule has 0 aliphatic heterocycles. The summed E-state index contributed by atoms with van der Waals surface area (Å²) in [6, 6.07) is 7.48. The third kappa shape index (κ3) is 2.09. The lowest BCUT2D eigenvalue weighted by atomic mass is 10.0. The minimum Gasteiger partial charge on any atom is -0.327 e. The maximum Gasteiger partial charge on any atom is 0.288 e. The number of alkyl halides is 2. The monoisotopic (exact) mass is 243 g/mol. The van der Waals surface area contributed by atoms with Gasteiger partial charge in [0.1, 0.15) is 0 Å². The lowest BCUT2D eigenvalue weighted by Crippen LogP contribution is -2.06. The number of hydrogen-bond donors (Lipinski definition) is 1. The molecule has 0 bridgehead atoms. The topological polar surface area (TPSA) is 26.0 Å². The van der Waals surface area contributed by atoms with E-state index in [0.717, 1.165) is 5.56 Å². The summed E-state index contributed by atoms with van der Waals surface area (Å²) in [4.78, 5) is 0.603. The van der Waals surface area contributed by atoms with E-state index in [1.165, 1.54) is 0 Å². The fraction of sp³-hybridized carbons (Fsp3) is 0.500. The Bertz CT molecular complexity index is 375. The molecule has 0 amide bonds. The average molecular weight is 243 g/mol. The summed E-state index contributed by atoms with van der Waals surface area (Å²) in [5, 5.41) is 0. The summed E-state index contributed by atoms with van der Waals surface area (Å²) < 4.78 is 24.2. The fourth-order valence-electron chi connectivity index (χ4n) is 2.17. The second-order valence-electron chi connectivity index (χ2n) is 4.77. The lowest BCUT2D eigenvalue weighted by molar-refractivity contribution is 0.252. The van der Waals surface area contributed by atoms with Crippen LogP contribution in [0.1, 0.15) is 25.3 Å². The van der Waals surface area contributed by atoms with Gasteiger partial charge in [-0.1, -0.05) is 37.7 Å². The molecule has 4 heteroatoms. The SMILES string of the molecule is CC1(C)C(N)C1c1ccc(SC(F)F)cc1. The third-order valence-electron chi connectivity index (χ3n) is 3.38. The van der Waals surface area contributed by atoms with Crippen LogP contribution in [0.25, 0.3) is 0 Å². The van der Waals surface area contributed by atoms with Gasteiger partial charge in [0, 0.05) is 16.9 Å². The number of halogens is 2. The molecule has 88 valence electrons. The Morgan fingerprint density at radius 2 is 1.75 bits per heavy atom. The molecule has 0 saturated heterocycles. The van der Waals surface area contributed by atoms with Crippen LogP contribution in [0.2, 0.25) is 0 Å². The summed E-state index contributed by atoms with van der Waals surface area (Å²) in [6.07, 6.45) is 0. The van der Waals surface area contributed by atoms with Crippen molar-refractivity contribution in [3.05, 3.63) is 29.8 Å². The van der Waals surface area contributed by atoms with Crippen molar-refractivity contribution < 1.29 is 8.78 Å². The van der Waals surface area contributed by atoms with E-state index >= 15 is 0 Å². The second kappa shape index (κ2) is 4.00. The Kier molecular flexibility index (Phi) is 2.97. The summed E-state index contributed by atoms with van der Waals surface area (Å²) >= 11 is 0.575. The van der Waals surface area contributed by atoms with E-state index < -0.39 is 5.76 Å². The van der Waals surface area contributed by atoms with Crippen molar-refractivity contribution in [2.24, 2.45) is 11.1 Å². The van der Waals surface area contributed by atoms with E-state index in [4.69, 9.17) is 5.73 Å². The third-order valence-corrected chi connectivity index (χ3v) is 4.10. The quantitative estimate of drug-likeness (QED) is 0.823. The van der Waals surface area contributed by atoms with Crippen LogP contribution in [0.15, 0.2) is 29.2 Å². The zero-order valence-corrected chi connectivity index (χ0v) is 10.1. The predicted octanol–water partition coefficient (Wildman–Crippen LogP) is 3.45. The first kappa shape index (κ1) is 11.9. The highest BCUT2D eigenvalue weighted by molar-refractivity contribution is 7.99. The molecule has 0 spiro atoms. The standard InChI is InChI=1S/C12H15F2NS/c1-12(2)9(10(12)15)7-3-5-8(6-4-7)16-11(13)14/h3-6,9-11H,15H2,1-2H3. The van der Waals surface area contributed by atoms with E-state index in [1.54, 1.807) is 12.1 Å². The summed E-state index contributed by atoms with van der Waals surface area (Å²) in [7, 11) is 0. The van der Waals surface area contributed by atoms with Crippen LogP contribution >= 0.6 is 11.8 Å². The molecule has 1 nitrogen and oxygen atoms in total. The van der Waals surface area contributed by atoms with Crippen molar-refractivity contribution in [2.75, 3.05) is 0 Å². The molecule has 1 saturated carbocycles. The maximum absolute atomic E-state index is 12.1. The normalized spacial score (nSPS) is 27.1. The maximum atomic E-state index is 12.1. The van der Waals surface area contributed by atoms with E-state index in [2.05, 4.69) is 13.8 Å². The Morgan fingerprint density at radius 1 is 1.25 bits per heavy atom. The van der Waals surface area contributed by atoms with E-state index in [-0.39, 0.29) is 11.5 Å². The molecule has 2 atom stereocenters. The van der Waals surface area contributed by atoms with Gasteiger partial charge in [-0.15, -0.1) is 0 Å². The zero-order valence-electron chi connectivity index (χ0n) is 9.28. The van der Waals surface area contributed by atoms with Crippen molar-refractivity contribution in [1.82, 2.24) is 0 Å². The Morgan fingerprint density at radius 3 is 2.12 bits per heavy atom. The van der Waals surface area contributed by atoms with Crippen molar-refractivity contribution in [2.45, 2.75) is 36.5 Å². The molecule has 2 unspecified atom stereocenters. The number of nitrogens with two attached hydrogens (primary N) is 1. The number of rotatable bonds is 3. The van der Waals surface area contributed by atoms with Crippen molar-refractivity contribution in [3.63, 3.8) is 0 Å². The minimum atomic E-state index is -2.36. The average Bonchev–Trinajstić information content (AvgIpc) is 2.67. The first-order valence-corrected chi connectivity index (χ1v) is 6.11. The molecule has 0 radical (unpaired) electrons. The molecule has 0 heterocycles. The van der Waals surface area contributed by atoms with Gasteiger partial charge in [-0.2, -0.15) is 8.78 Å². The van der Waals surface area contributed by atoms with E-state index in [1.807, 2.05) is 12.1 Å². The van der Waals surface area contributed by atoms with Crippen LogP contribution in [-0.4, -0.2) is 11.8 Å². The van der Waals surface area contributed by atoms with Gasteiger partial charge in [0.2, 0.25) is 0 Å². The molecule has 2 rings (SSSR count). The number of thioether (sulfide) groups is 1. The highest BCUT2D eigenvalue weighted by Crippen LogP contribution is 2.57. The van der Waals surface area contributed by atoms with Gasteiger partial charge in [-0.05, 0) is 23.1 Å². The van der Waals surface area contributed by atoms with Gasteiger partial charge in [0.05, 0.1) is 0 Å². The zero-order chi connectivity index (χ0) is 11.9. The van der Waals surface area contributed by atoms with Crippen LogP contribution in [0.4, 0.5) is 8.78 Å². The largest absolute Gasteiger partial charge is 0.327 e. The fourth-order valence-corrected chi connectivity index (χ4v) is 2.67. The minimum absolute atomic E-state index is 0.136. The van der Waals surface area contributed by atoms with E-state index in [0.29, 0.717) is 22.6 Å². The molecule has 1 aromatic rings. The van der Waals surface area contributed by atoms with Gasteiger partial charge in [0.25, 0.3) is 5.76 Å². The van der Waals surface area contributed by atoms with Gasteiger partial charge >= 0.3 is 0 Å². The molecule has 2 N–H and O–H groups in total. The molecule has 16 heavy (non-hydrogen) atoms. The summed E-state index contributed by atoms with van der Waals surface area (Å²) in [5.74, 6) is -2.00. The van der Waals surface area contributed by atoms with E-state index in [9.17, 15) is 8.78 Å². The first-order valence-electron chi connectivity index (χ1n) is 5.23. The van der Waals surface area contributed by atoms with Crippen LogP contribution in [-0.2, 0) is 0 Å². The molecular weight excluding hydrogens is 228 g/mol. The van der Waals surface area contributed by atoms with Crippen LogP contribution in [0.3, 0.4) is 0 Å². The van der Waals surface area contributed by atoms with Crippen molar-refractivity contribution >= 4 is 11.8 Å². The van der Waals surface area contributed by atoms with Crippen LogP contribution in [0.5, 0.6) is 0 Å². The van der Waals surface area contributed by atoms with Gasteiger partial charge in [0.15, 0.2) is 0 Å². The summed E-state index contributed by atoms with van der Waals surface area (Å²) in [6.45, 7) is 4.26. The number of hydrogen-bond acceptors (Lipinski definition) is 2. The van der Waals surface area contributed by atoms with Gasteiger partial charge in [-0.25, -0.2) is 0 Å². The second-order valence-corrected chi connectivity index (χ2v) is 5.84. The van der Waals surface area contributed by atoms with Crippen LogP contribution in [0, 0.1) is 5.41 Å². The molecular formula is C12H15F2NS. The highest BCUT2D eigenvalue weighted by atomic mass is 32.2. The molecule has 1 aliphatic carbocycles. The first-order chi connectivity index (χ1) is 7.43. The smallest absolute Gasteiger partial charge is 0.288 e. The van der Waals surface area contributed by atoms with Crippen LogP contribution < -0.4 is 5.73 Å². The predicted molar refractivity (Wildman–Crippen MR) is 62.8 cm³/mol. The Labute approximate surface area is 98.4 Å². The number of benzene rings is 1. The Hall–Kier alpha value is -0.610. The highest BCUT2D eigenvalue weighted by Gasteiger charge is 2.55. The van der Waals surface area contributed by atoms with Crippen molar-refractivity contribution in [3.8, 4) is 0 Å². The lowest BCUT2D eigenvalue weighted by Gasteiger charge is -2.04. The molecule has 0 aromatic heterocycles.